The highest BCUT2D eigenvalue weighted by atomic mass is 35.5. The molecule has 0 fully saturated rings. The molecular weight excluding hydrogens is 328 g/mol. The monoisotopic (exact) mass is 346 g/mol. The first kappa shape index (κ1) is 17.8. The minimum atomic E-state index is -0.550. The summed E-state index contributed by atoms with van der Waals surface area (Å²) in [6.45, 7) is 1.99. The first-order valence-electron chi connectivity index (χ1n) is 7.62. The summed E-state index contributed by atoms with van der Waals surface area (Å²) < 4.78 is 4.91. The predicted molar refractivity (Wildman–Crippen MR) is 94.0 cm³/mol. The summed E-state index contributed by atoms with van der Waals surface area (Å²) in [5.41, 5.74) is 1.48. The zero-order valence-corrected chi connectivity index (χ0v) is 14.0. The van der Waals surface area contributed by atoms with Gasteiger partial charge in [-0.1, -0.05) is 41.9 Å². The fraction of sp³-hybridized carbons (Fsp3) is 0.222. The molecule has 2 N–H and O–H groups in total. The summed E-state index contributed by atoms with van der Waals surface area (Å²) in [6.07, 6.45) is -0.462. The van der Waals surface area contributed by atoms with Gasteiger partial charge < -0.3 is 15.4 Å². The summed E-state index contributed by atoms with van der Waals surface area (Å²) >= 11 is 5.83. The Kier molecular flexibility index (Phi) is 6.63. The normalized spacial score (nSPS) is 11.4. The van der Waals surface area contributed by atoms with Gasteiger partial charge in [0.25, 0.3) is 0 Å². The van der Waals surface area contributed by atoms with Gasteiger partial charge in [0.2, 0.25) is 5.91 Å². The van der Waals surface area contributed by atoms with Gasteiger partial charge in [-0.3, -0.25) is 4.79 Å². The van der Waals surface area contributed by atoms with Crippen molar-refractivity contribution in [3.8, 4) is 0 Å². The second-order valence-corrected chi connectivity index (χ2v) is 5.52. The molecule has 2 aromatic rings. The first-order chi connectivity index (χ1) is 11.6. The molecule has 24 heavy (non-hydrogen) atoms. The molecule has 5 nitrogen and oxygen atoms in total. The number of carbonyl (C=O) groups excluding carboxylic acids is 2. The second kappa shape index (κ2) is 8.93. The van der Waals surface area contributed by atoms with Crippen molar-refractivity contribution in [2.75, 3.05) is 11.9 Å². The maximum atomic E-state index is 12.3. The third kappa shape index (κ3) is 5.59. The maximum absolute atomic E-state index is 12.3. The number of benzene rings is 2. The molecule has 0 saturated heterocycles. The Morgan fingerprint density at radius 2 is 1.75 bits per heavy atom. The smallest absolute Gasteiger partial charge is 0.407 e. The first-order valence-corrected chi connectivity index (χ1v) is 8.00. The minimum absolute atomic E-state index is 0.0887. The molecular formula is C18H19ClN2O3. The summed E-state index contributed by atoms with van der Waals surface area (Å²) in [5, 5.41) is 6.10. The number of halogens is 1. The van der Waals surface area contributed by atoms with Gasteiger partial charge in [0.15, 0.2) is 0 Å². The fourth-order valence-corrected chi connectivity index (χ4v) is 2.31. The van der Waals surface area contributed by atoms with E-state index in [1.54, 1.807) is 31.2 Å². The molecule has 0 bridgehead atoms. The van der Waals surface area contributed by atoms with Gasteiger partial charge in [-0.2, -0.15) is 0 Å². The van der Waals surface area contributed by atoms with Crippen molar-refractivity contribution in [2.24, 2.45) is 0 Å². The third-order valence-corrected chi connectivity index (χ3v) is 3.54. The molecule has 0 aliphatic heterocycles. The number of carbonyl (C=O) groups is 2. The standard InChI is InChI=1S/C18H19ClN2O3/c1-2-24-18(23)21-16(13-6-4-3-5-7-13)12-17(22)20-15-10-8-14(19)9-11-15/h3-11,16H,2,12H2,1H3,(H,20,22)(H,21,23)/t16-/m1/s1. The van der Waals surface area contributed by atoms with E-state index in [0.717, 1.165) is 5.56 Å². The van der Waals surface area contributed by atoms with Gasteiger partial charge in [-0.05, 0) is 36.8 Å². The van der Waals surface area contributed by atoms with E-state index in [9.17, 15) is 9.59 Å². The molecule has 0 spiro atoms. The van der Waals surface area contributed by atoms with E-state index >= 15 is 0 Å². The Hall–Kier alpha value is -2.53. The average Bonchev–Trinajstić information content (AvgIpc) is 2.57. The van der Waals surface area contributed by atoms with E-state index in [-0.39, 0.29) is 18.9 Å². The predicted octanol–water partition coefficient (Wildman–Crippen LogP) is 4.16. The van der Waals surface area contributed by atoms with Crippen LogP contribution in [-0.4, -0.2) is 18.6 Å². The lowest BCUT2D eigenvalue weighted by Crippen LogP contribution is -2.32. The summed E-state index contributed by atoms with van der Waals surface area (Å²) in [7, 11) is 0. The lowest BCUT2D eigenvalue weighted by atomic mass is 10.0. The molecule has 0 aliphatic carbocycles. The van der Waals surface area contributed by atoms with Crippen LogP contribution in [0.2, 0.25) is 5.02 Å². The van der Waals surface area contributed by atoms with E-state index in [0.29, 0.717) is 10.7 Å². The topological polar surface area (TPSA) is 67.4 Å². The van der Waals surface area contributed by atoms with Crippen LogP contribution in [0.3, 0.4) is 0 Å². The SMILES string of the molecule is CCOC(=O)N[C@H](CC(=O)Nc1ccc(Cl)cc1)c1ccccc1. The number of ether oxygens (including phenoxy) is 1. The van der Waals surface area contributed by atoms with Gasteiger partial charge in [0.1, 0.15) is 0 Å². The van der Waals surface area contributed by atoms with E-state index in [4.69, 9.17) is 16.3 Å². The molecule has 0 unspecified atom stereocenters. The molecule has 0 saturated carbocycles. The second-order valence-electron chi connectivity index (χ2n) is 5.09. The zero-order valence-electron chi connectivity index (χ0n) is 13.3. The maximum Gasteiger partial charge on any atom is 0.407 e. The van der Waals surface area contributed by atoms with Crippen molar-refractivity contribution >= 4 is 29.3 Å². The van der Waals surface area contributed by atoms with Gasteiger partial charge in [0.05, 0.1) is 19.1 Å². The Morgan fingerprint density at radius 1 is 1.08 bits per heavy atom. The number of nitrogens with one attached hydrogen (secondary N) is 2. The van der Waals surface area contributed by atoms with E-state index in [1.807, 2.05) is 30.3 Å². The highest BCUT2D eigenvalue weighted by molar-refractivity contribution is 6.30. The molecule has 0 heterocycles. The summed E-state index contributed by atoms with van der Waals surface area (Å²) in [5.74, 6) is -0.219. The number of hydrogen-bond acceptors (Lipinski definition) is 3. The molecule has 2 amide bonds. The largest absolute Gasteiger partial charge is 0.450 e. The van der Waals surface area contributed by atoms with Gasteiger partial charge >= 0.3 is 6.09 Å². The molecule has 0 radical (unpaired) electrons. The van der Waals surface area contributed by atoms with E-state index in [1.165, 1.54) is 0 Å². The van der Waals surface area contributed by atoms with Crippen LogP contribution in [-0.2, 0) is 9.53 Å². The minimum Gasteiger partial charge on any atom is -0.450 e. The van der Waals surface area contributed by atoms with Crippen LogP contribution < -0.4 is 10.6 Å². The summed E-state index contributed by atoms with van der Waals surface area (Å²) in [4.78, 5) is 24.0. The molecule has 0 aliphatic rings. The fourth-order valence-electron chi connectivity index (χ4n) is 2.18. The van der Waals surface area contributed by atoms with Crippen molar-refractivity contribution in [1.82, 2.24) is 5.32 Å². The lowest BCUT2D eigenvalue weighted by molar-refractivity contribution is -0.116. The van der Waals surface area contributed by atoms with Gasteiger partial charge in [0, 0.05) is 10.7 Å². The van der Waals surface area contributed by atoms with Crippen molar-refractivity contribution in [3.05, 3.63) is 65.2 Å². The van der Waals surface area contributed by atoms with Gasteiger partial charge in [-0.25, -0.2) is 4.79 Å². The molecule has 6 heteroatoms. The zero-order chi connectivity index (χ0) is 17.4. The quantitative estimate of drug-likeness (QED) is 0.825. The Bertz CT molecular complexity index is 674. The van der Waals surface area contributed by atoms with Crippen LogP contribution in [0.25, 0.3) is 0 Å². The van der Waals surface area contributed by atoms with Crippen molar-refractivity contribution in [3.63, 3.8) is 0 Å². The molecule has 1 atom stereocenters. The van der Waals surface area contributed by atoms with Crippen LogP contribution in [0, 0.1) is 0 Å². The summed E-state index contributed by atoms with van der Waals surface area (Å²) in [6, 6.07) is 15.6. The Labute approximate surface area is 146 Å². The lowest BCUT2D eigenvalue weighted by Gasteiger charge is -2.18. The van der Waals surface area contributed by atoms with Crippen molar-refractivity contribution < 1.29 is 14.3 Å². The van der Waals surface area contributed by atoms with Crippen molar-refractivity contribution in [1.29, 1.82) is 0 Å². The van der Waals surface area contributed by atoms with Crippen LogP contribution in [0.15, 0.2) is 54.6 Å². The molecule has 126 valence electrons. The number of amides is 2. The number of hydrogen-bond donors (Lipinski definition) is 2. The highest BCUT2D eigenvalue weighted by Gasteiger charge is 2.19. The van der Waals surface area contributed by atoms with Crippen LogP contribution in [0.5, 0.6) is 0 Å². The average molecular weight is 347 g/mol. The van der Waals surface area contributed by atoms with E-state index < -0.39 is 12.1 Å². The number of anilines is 1. The third-order valence-electron chi connectivity index (χ3n) is 3.29. The number of rotatable bonds is 6. The molecule has 0 aromatic heterocycles. The van der Waals surface area contributed by atoms with Crippen LogP contribution in [0.1, 0.15) is 24.9 Å². The van der Waals surface area contributed by atoms with Gasteiger partial charge in [-0.15, -0.1) is 0 Å². The number of alkyl carbamates (subject to hydrolysis) is 1. The Morgan fingerprint density at radius 3 is 2.38 bits per heavy atom. The highest BCUT2D eigenvalue weighted by Crippen LogP contribution is 2.19. The molecule has 2 aromatic carbocycles. The van der Waals surface area contributed by atoms with Crippen LogP contribution >= 0.6 is 11.6 Å². The van der Waals surface area contributed by atoms with Crippen molar-refractivity contribution in [2.45, 2.75) is 19.4 Å². The molecule has 2 rings (SSSR count). The Balaban J connectivity index is 2.05. The van der Waals surface area contributed by atoms with Crippen LogP contribution in [0.4, 0.5) is 10.5 Å². The van der Waals surface area contributed by atoms with E-state index in [2.05, 4.69) is 10.6 Å².